The Balaban J connectivity index is 1.80. The van der Waals surface area contributed by atoms with Gasteiger partial charge >= 0.3 is 0 Å². The molecule has 1 aromatic heterocycles. The van der Waals surface area contributed by atoms with Crippen LogP contribution in [0.1, 0.15) is 37.9 Å². The van der Waals surface area contributed by atoms with Gasteiger partial charge in [0.05, 0.1) is 11.6 Å². The molecule has 0 radical (unpaired) electrons. The van der Waals surface area contributed by atoms with Crippen molar-refractivity contribution in [3.63, 3.8) is 0 Å². The van der Waals surface area contributed by atoms with Gasteiger partial charge in [-0.1, -0.05) is 19.1 Å². The van der Waals surface area contributed by atoms with Crippen molar-refractivity contribution in [1.82, 2.24) is 10.3 Å². The average Bonchev–Trinajstić information content (AvgIpc) is 2.55. The van der Waals surface area contributed by atoms with Gasteiger partial charge in [-0.05, 0) is 49.6 Å². The summed E-state index contributed by atoms with van der Waals surface area (Å²) in [6.07, 6.45) is 5.65. The SMILES string of the molecule is CCCNCC1CCCOC1c1ccc2ncccc2c1. The molecule has 2 aromatic rings. The van der Waals surface area contributed by atoms with Gasteiger partial charge in [0.1, 0.15) is 0 Å². The van der Waals surface area contributed by atoms with Gasteiger partial charge in [0.15, 0.2) is 0 Å². The zero-order valence-corrected chi connectivity index (χ0v) is 12.7. The summed E-state index contributed by atoms with van der Waals surface area (Å²) in [7, 11) is 0. The highest BCUT2D eigenvalue weighted by Crippen LogP contribution is 2.34. The summed E-state index contributed by atoms with van der Waals surface area (Å²) in [5, 5.41) is 4.75. The Morgan fingerprint density at radius 3 is 3.19 bits per heavy atom. The van der Waals surface area contributed by atoms with E-state index in [9.17, 15) is 0 Å². The second kappa shape index (κ2) is 7.01. The molecule has 112 valence electrons. The van der Waals surface area contributed by atoms with Crippen molar-refractivity contribution in [3.05, 3.63) is 42.1 Å². The summed E-state index contributed by atoms with van der Waals surface area (Å²) in [6.45, 7) is 5.21. The fourth-order valence-electron chi connectivity index (χ4n) is 3.16. The quantitative estimate of drug-likeness (QED) is 0.850. The van der Waals surface area contributed by atoms with Crippen LogP contribution in [0.25, 0.3) is 10.9 Å². The molecule has 1 N–H and O–H groups in total. The molecule has 3 heteroatoms. The zero-order chi connectivity index (χ0) is 14.5. The Bertz CT molecular complexity index is 584. The molecule has 1 aliphatic rings. The van der Waals surface area contributed by atoms with Crippen LogP contribution < -0.4 is 5.32 Å². The standard InChI is InChI=1S/C18H24N2O/c1-2-9-19-13-16-6-4-11-21-18(16)15-7-8-17-14(12-15)5-3-10-20-17/h3,5,7-8,10,12,16,18-19H,2,4,6,9,11,13H2,1H3. The van der Waals surface area contributed by atoms with E-state index in [0.717, 1.165) is 25.2 Å². The number of aromatic nitrogens is 1. The smallest absolute Gasteiger partial charge is 0.0865 e. The molecule has 0 amide bonds. The van der Waals surface area contributed by atoms with Crippen molar-refractivity contribution in [1.29, 1.82) is 0 Å². The third kappa shape index (κ3) is 3.42. The maximum absolute atomic E-state index is 6.10. The first-order valence-electron chi connectivity index (χ1n) is 8.05. The minimum absolute atomic E-state index is 0.215. The molecule has 1 fully saturated rings. The lowest BCUT2D eigenvalue weighted by atomic mass is 9.89. The van der Waals surface area contributed by atoms with Gasteiger partial charge in [-0.15, -0.1) is 0 Å². The first-order valence-corrected chi connectivity index (χ1v) is 8.05. The Morgan fingerprint density at radius 1 is 1.33 bits per heavy atom. The Hall–Kier alpha value is -1.45. The van der Waals surface area contributed by atoms with Crippen LogP contribution in [0, 0.1) is 5.92 Å². The third-order valence-electron chi connectivity index (χ3n) is 4.23. The summed E-state index contributed by atoms with van der Waals surface area (Å²) in [5.74, 6) is 0.569. The highest BCUT2D eigenvalue weighted by molar-refractivity contribution is 5.79. The van der Waals surface area contributed by atoms with Crippen LogP contribution in [0.15, 0.2) is 36.5 Å². The number of nitrogens with one attached hydrogen (secondary N) is 1. The molecule has 2 heterocycles. The van der Waals surface area contributed by atoms with Gasteiger partial charge in [-0.2, -0.15) is 0 Å². The first-order chi connectivity index (χ1) is 10.4. The molecule has 0 saturated carbocycles. The van der Waals surface area contributed by atoms with E-state index in [1.54, 1.807) is 0 Å². The molecule has 1 aromatic carbocycles. The van der Waals surface area contributed by atoms with E-state index >= 15 is 0 Å². The van der Waals surface area contributed by atoms with E-state index in [1.165, 1.54) is 30.2 Å². The summed E-state index contributed by atoms with van der Waals surface area (Å²) >= 11 is 0. The lowest BCUT2D eigenvalue weighted by Gasteiger charge is -2.32. The maximum atomic E-state index is 6.10. The molecule has 3 rings (SSSR count). The summed E-state index contributed by atoms with van der Waals surface area (Å²) in [6, 6.07) is 10.6. The number of rotatable bonds is 5. The van der Waals surface area contributed by atoms with Crippen molar-refractivity contribution in [2.45, 2.75) is 32.3 Å². The predicted octanol–water partition coefficient (Wildman–Crippen LogP) is 3.70. The molecule has 0 bridgehead atoms. The third-order valence-corrected chi connectivity index (χ3v) is 4.23. The number of hydrogen-bond donors (Lipinski definition) is 1. The number of nitrogens with zero attached hydrogens (tertiary/aromatic N) is 1. The normalized spacial score (nSPS) is 22.5. The number of benzene rings is 1. The fraction of sp³-hybridized carbons (Fsp3) is 0.500. The van der Waals surface area contributed by atoms with Gasteiger partial charge in [0.25, 0.3) is 0 Å². The second-order valence-corrected chi connectivity index (χ2v) is 5.85. The Morgan fingerprint density at radius 2 is 2.29 bits per heavy atom. The van der Waals surface area contributed by atoms with Gasteiger partial charge in [0, 0.05) is 30.7 Å². The predicted molar refractivity (Wildman–Crippen MR) is 86.3 cm³/mol. The van der Waals surface area contributed by atoms with Gasteiger partial charge in [0.2, 0.25) is 0 Å². The van der Waals surface area contributed by atoms with Crippen molar-refractivity contribution < 1.29 is 4.74 Å². The molecule has 0 aliphatic carbocycles. The lowest BCUT2D eigenvalue weighted by molar-refractivity contribution is -0.0276. The minimum Gasteiger partial charge on any atom is -0.373 e. The maximum Gasteiger partial charge on any atom is 0.0865 e. The number of ether oxygens (including phenoxy) is 1. The van der Waals surface area contributed by atoms with Gasteiger partial charge < -0.3 is 10.1 Å². The monoisotopic (exact) mass is 284 g/mol. The van der Waals surface area contributed by atoms with E-state index in [2.05, 4.69) is 41.5 Å². The Kier molecular flexibility index (Phi) is 4.84. The van der Waals surface area contributed by atoms with E-state index in [-0.39, 0.29) is 6.10 Å². The number of pyridine rings is 1. The van der Waals surface area contributed by atoms with Crippen molar-refractivity contribution in [3.8, 4) is 0 Å². The van der Waals surface area contributed by atoms with E-state index < -0.39 is 0 Å². The Labute approximate surface area is 126 Å². The second-order valence-electron chi connectivity index (χ2n) is 5.85. The summed E-state index contributed by atoms with van der Waals surface area (Å²) < 4.78 is 6.10. The molecular formula is C18H24N2O. The van der Waals surface area contributed by atoms with Gasteiger partial charge in [-0.3, -0.25) is 4.98 Å². The highest BCUT2D eigenvalue weighted by atomic mass is 16.5. The van der Waals surface area contributed by atoms with Gasteiger partial charge in [-0.25, -0.2) is 0 Å². The van der Waals surface area contributed by atoms with Crippen LogP contribution in [0.5, 0.6) is 0 Å². The van der Waals surface area contributed by atoms with Crippen molar-refractivity contribution in [2.75, 3.05) is 19.7 Å². The van der Waals surface area contributed by atoms with Crippen LogP contribution in [-0.2, 0) is 4.74 Å². The molecule has 21 heavy (non-hydrogen) atoms. The van der Waals surface area contributed by atoms with Crippen LogP contribution >= 0.6 is 0 Å². The molecule has 1 aliphatic heterocycles. The molecule has 2 unspecified atom stereocenters. The lowest BCUT2D eigenvalue weighted by Crippen LogP contribution is -2.32. The first kappa shape index (κ1) is 14.5. The largest absolute Gasteiger partial charge is 0.373 e. The van der Waals surface area contributed by atoms with E-state index in [0.29, 0.717) is 5.92 Å². The molecule has 1 saturated heterocycles. The fourth-order valence-corrected chi connectivity index (χ4v) is 3.16. The zero-order valence-electron chi connectivity index (χ0n) is 12.7. The molecule has 0 spiro atoms. The van der Waals surface area contributed by atoms with Crippen molar-refractivity contribution in [2.24, 2.45) is 5.92 Å². The average molecular weight is 284 g/mol. The van der Waals surface area contributed by atoms with Crippen molar-refractivity contribution >= 4 is 10.9 Å². The molecular weight excluding hydrogens is 260 g/mol. The number of fused-ring (bicyclic) bond motifs is 1. The van der Waals surface area contributed by atoms with E-state index in [4.69, 9.17) is 4.74 Å². The highest BCUT2D eigenvalue weighted by Gasteiger charge is 2.27. The van der Waals surface area contributed by atoms with Crippen LogP contribution in [0.4, 0.5) is 0 Å². The summed E-state index contributed by atoms with van der Waals surface area (Å²) in [5.41, 5.74) is 2.34. The van der Waals surface area contributed by atoms with E-state index in [1.807, 2.05) is 12.3 Å². The van der Waals surface area contributed by atoms with Crippen LogP contribution in [-0.4, -0.2) is 24.7 Å². The summed E-state index contributed by atoms with van der Waals surface area (Å²) in [4.78, 5) is 4.39. The molecule has 2 atom stereocenters. The van der Waals surface area contributed by atoms with Crippen LogP contribution in [0.2, 0.25) is 0 Å². The number of hydrogen-bond acceptors (Lipinski definition) is 3. The topological polar surface area (TPSA) is 34.1 Å². The minimum atomic E-state index is 0.215. The van der Waals surface area contributed by atoms with Crippen LogP contribution in [0.3, 0.4) is 0 Å². The molecule has 3 nitrogen and oxygen atoms in total.